The molecule has 0 aliphatic rings. The first kappa shape index (κ1) is 12.2. The summed E-state index contributed by atoms with van der Waals surface area (Å²) in [6.07, 6.45) is 1.03. The van der Waals surface area contributed by atoms with Crippen LogP contribution in [0.1, 0.15) is 30.0 Å². The van der Waals surface area contributed by atoms with Crippen molar-refractivity contribution in [3.05, 3.63) is 34.8 Å². The number of aromatic nitrogens is 2. The fourth-order valence-corrected chi connectivity index (χ4v) is 2.93. The molecular formula is C13H17N3S. The Hall–Kier alpha value is -1.26. The number of hydrogen-bond donors (Lipinski definition) is 1. The molecule has 0 aliphatic heterocycles. The van der Waals surface area contributed by atoms with Crippen molar-refractivity contribution < 1.29 is 0 Å². The van der Waals surface area contributed by atoms with Crippen LogP contribution in [0.25, 0.3) is 10.6 Å². The Morgan fingerprint density at radius 1 is 1.29 bits per heavy atom. The van der Waals surface area contributed by atoms with Gasteiger partial charge in [0.1, 0.15) is 10.0 Å². The second-order valence-electron chi connectivity index (χ2n) is 4.01. The van der Waals surface area contributed by atoms with E-state index in [0.29, 0.717) is 6.04 Å². The molecule has 0 bridgehead atoms. The van der Waals surface area contributed by atoms with Gasteiger partial charge in [0, 0.05) is 5.56 Å². The average molecular weight is 247 g/mol. The first-order valence-corrected chi connectivity index (χ1v) is 6.64. The maximum Gasteiger partial charge on any atom is 0.148 e. The van der Waals surface area contributed by atoms with Gasteiger partial charge in [-0.2, -0.15) is 0 Å². The van der Waals surface area contributed by atoms with E-state index >= 15 is 0 Å². The van der Waals surface area contributed by atoms with Crippen LogP contribution in [0.2, 0.25) is 0 Å². The third kappa shape index (κ3) is 2.53. The SMILES string of the molecule is CCC(NC)c1nnc(-c2ccccc2C)s1. The summed E-state index contributed by atoms with van der Waals surface area (Å²) in [5, 5.41) is 13.9. The summed E-state index contributed by atoms with van der Waals surface area (Å²) < 4.78 is 0. The number of nitrogens with one attached hydrogen (secondary N) is 1. The highest BCUT2D eigenvalue weighted by atomic mass is 32.1. The van der Waals surface area contributed by atoms with Crippen LogP contribution in [-0.2, 0) is 0 Å². The van der Waals surface area contributed by atoms with E-state index in [1.165, 1.54) is 11.1 Å². The summed E-state index contributed by atoms with van der Waals surface area (Å²) in [5.74, 6) is 0. The Balaban J connectivity index is 2.33. The Labute approximate surface area is 106 Å². The van der Waals surface area contributed by atoms with Crippen molar-refractivity contribution in [2.45, 2.75) is 26.3 Å². The largest absolute Gasteiger partial charge is 0.311 e. The molecule has 1 N–H and O–H groups in total. The van der Waals surface area contributed by atoms with Crippen LogP contribution in [0.15, 0.2) is 24.3 Å². The second-order valence-corrected chi connectivity index (χ2v) is 5.02. The molecule has 1 aromatic carbocycles. The molecule has 2 rings (SSSR count). The average Bonchev–Trinajstić information content (AvgIpc) is 2.81. The van der Waals surface area contributed by atoms with Crippen LogP contribution in [0.3, 0.4) is 0 Å². The van der Waals surface area contributed by atoms with Gasteiger partial charge in [0.15, 0.2) is 0 Å². The summed E-state index contributed by atoms with van der Waals surface area (Å²) >= 11 is 1.67. The second kappa shape index (κ2) is 5.38. The molecule has 90 valence electrons. The van der Waals surface area contributed by atoms with Crippen molar-refractivity contribution in [2.75, 3.05) is 7.05 Å². The quantitative estimate of drug-likeness (QED) is 0.901. The molecule has 17 heavy (non-hydrogen) atoms. The molecule has 0 spiro atoms. The van der Waals surface area contributed by atoms with E-state index in [2.05, 4.69) is 41.5 Å². The Kier molecular flexibility index (Phi) is 3.86. The van der Waals surface area contributed by atoms with Gasteiger partial charge in [0.05, 0.1) is 6.04 Å². The molecular weight excluding hydrogens is 230 g/mol. The number of hydrogen-bond acceptors (Lipinski definition) is 4. The zero-order valence-electron chi connectivity index (χ0n) is 10.4. The van der Waals surface area contributed by atoms with Crippen molar-refractivity contribution in [3.8, 4) is 10.6 Å². The Morgan fingerprint density at radius 2 is 2.06 bits per heavy atom. The number of aryl methyl sites for hydroxylation is 1. The third-order valence-corrected chi connectivity index (χ3v) is 3.94. The van der Waals surface area contributed by atoms with E-state index < -0.39 is 0 Å². The first-order chi connectivity index (χ1) is 8.26. The van der Waals surface area contributed by atoms with Crippen LogP contribution < -0.4 is 5.32 Å². The van der Waals surface area contributed by atoms with Gasteiger partial charge < -0.3 is 5.32 Å². The normalized spacial score (nSPS) is 12.6. The monoisotopic (exact) mass is 247 g/mol. The van der Waals surface area contributed by atoms with Gasteiger partial charge >= 0.3 is 0 Å². The van der Waals surface area contributed by atoms with Gasteiger partial charge in [-0.3, -0.25) is 0 Å². The number of nitrogens with zero attached hydrogens (tertiary/aromatic N) is 2. The summed E-state index contributed by atoms with van der Waals surface area (Å²) in [5.41, 5.74) is 2.43. The lowest BCUT2D eigenvalue weighted by Gasteiger charge is -2.08. The maximum atomic E-state index is 4.29. The first-order valence-electron chi connectivity index (χ1n) is 5.83. The lowest BCUT2D eigenvalue weighted by molar-refractivity contribution is 0.568. The van der Waals surface area contributed by atoms with Gasteiger partial charge in [-0.05, 0) is 26.0 Å². The molecule has 0 aliphatic carbocycles. The molecule has 3 nitrogen and oxygen atoms in total. The van der Waals surface area contributed by atoms with E-state index in [-0.39, 0.29) is 0 Å². The lowest BCUT2D eigenvalue weighted by atomic mass is 10.1. The summed E-state index contributed by atoms with van der Waals surface area (Å²) in [4.78, 5) is 0. The molecule has 0 radical (unpaired) electrons. The summed E-state index contributed by atoms with van der Waals surface area (Å²) in [7, 11) is 1.96. The topological polar surface area (TPSA) is 37.8 Å². The maximum absolute atomic E-state index is 4.29. The molecule has 0 saturated heterocycles. The molecule has 0 fully saturated rings. The molecule has 2 aromatic rings. The molecule has 1 atom stereocenters. The molecule has 1 unspecified atom stereocenters. The van der Waals surface area contributed by atoms with Gasteiger partial charge in [-0.15, -0.1) is 10.2 Å². The van der Waals surface area contributed by atoms with E-state index in [1.807, 2.05) is 19.2 Å². The zero-order chi connectivity index (χ0) is 12.3. The van der Waals surface area contributed by atoms with Crippen molar-refractivity contribution in [1.29, 1.82) is 0 Å². The highest BCUT2D eigenvalue weighted by molar-refractivity contribution is 7.14. The minimum absolute atomic E-state index is 0.310. The van der Waals surface area contributed by atoms with E-state index in [9.17, 15) is 0 Å². The van der Waals surface area contributed by atoms with Crippen molar-refractivity contribution in [3.63, 3.8) is 0 Å². The van der Waals surface area contributed by atoms with Gasteiger partial charge in [0.25, 0.3) is 0 Å². The van der Waals surface area contributed by atoms with Crippen molar-refractivity contribution in [1.82, 2.24) is 15.5 Å². The van der Waals surface area contributed by atoms with Crippen molar-refractivity contribution >= 4 is 11.3 Å². The predicted octanol–water partition coefficient (Wildman–Crippen LogP) is 3.18. The van der Waals surface area contributed by atoms with Crippen molar-refractivity contribution in [2.24, 2.45) is 0 Å². The third-order valence-electron chi connectivity index (χ3n) is 2.87. The Morgan fingerprint density at radius 3 is 2.71 bits per heavy atom. The van der Waals surface area contributed by atoms with Crippen LogP contribution in [-0.4, -0.2) is 17.2 Å². The minimum atomic E-state index is 0.310. The van der Waals surface area contributed by atoms with Gasteiger partial charge in [-0.1, -0.05) is 42.5 Å². The van der Waals surface area contributed by atoms with E-state index in [1.54, 1.807) is 11.3 Å². The van der Waals surface area contributed by atoms with Gasteiger partial charge in [0.2, 0.25) is 0 Å². The smallest absolute Gasteiger partial charge is 0.148 e. The van der Waals surface area contributed by atoms with Crippen LogP contribution in [0.5, 0.6) is 0 Å². The van der Waals surface area contributed by atoms with Crippen LogP contribution >= 0.6 is 11.3 Å². The fraction of sp³-hybridized carbons (Fsp3) is 0.385. The zero-order valence-corrected chi connectivity index (χ0v) is 11.2. The number of rotatable bonds is 4. The molecule has 0 saturated carbocycles. The van der Waals surface area contributed by atoms with E-state index in [4.69, 9.17) is 0 Å². The Bertz CT molecular complexity index is 489. The highest BCUT2D eigenvalue weighted by Gasteiger charge is 2.14. The highest BCUT2D eigenvalue weighted by Crippen LogP contribution is 2.29. The van der Waals surface area contributed by atoms with E-state index in [0.717, 1.165) is 16.4 Å². The molecule has 4 heteroatoms. The number of benzene rings is 1. The lowest BCUT2D eigenvalue weighted by Crippen LogP contribution is -2.14. The van der Waals surface area contributed by atoms with Crippen LogP contribution in [0, 0.1) is 6.92 Å². The minimum Gasteiger partial charge on any atom is -0.311 e. The van der Waals surface area contributed by atoms with Gasteiger partial charge in [-0.25, -0.2) is 0 Å². The molecule has 1 heterocycles. The molecule has 0 amide bonds. The fourth-order valence-electron chi connectivity index (χ4n) is 1.80. The predicted molar refractivity (Wildman–Crippen MR) is 72.2 cm³/mol. The molecule has 1 aromatic heterocycles. The standard InChI is InChI=1S/C13H17N3S/c1-4-11(14-3)13-16-15-12(17-13)10-8-6-5-7-9(10)2/h5-8,11,14H,4H2,1-3H3. The summed E-state index contributed by atoms with van der Waals surface area (Å²) in [6.45, 7) is 4.25. The van der Waals surface area contributed by atoms with Crippen LogP contribution in [0.4, 0.5) is 0 Å². The summed E-state index contributed by atoms with van der Waals surface area (Å²) in [6, 6.07) is 8.60.